The number of nitrogens with one attached hydrogen (secondary N) is 1. The van der Waals surface area contributed by atoms with Gasteiger partial charge in [0.25, 0.3) is 0 Å². The molecule has 0 amide bonds. The third-order valence-electron chi connectivity index (χ3n) is 2.34. The van der Waals surface area contributed by atoms with Crippen LogP contribution in [0.15, 0.2) is 40.2 Å². The van der Waals surface area contributed by atoms with Gasteiger partial charge >= 0.3 is 0 Å². The van der Waals surface area contributed by atoms with Crippen molar-refractivity contribution >= 4 is 27.3 Å². The van der Waals surface area contributed by atoms with Crippen molar-refractivity contribution in [3.63, 3.8) is 0 Å². The zero-order valence-corrected chi connectivity index (χ0v) is 11.6. The molecule has 16 heavy (non-hydrogen) atoms. The van der Waals surface area contributed by atoms with E-state index in [1.165, 1.54) is 19.8 Å². The van der Waals surface area contributed by atoms with Gasteiger partial charge in [0, 0.05) is 18.0 Å². The molecule has 3 heteroatoms. The molecule has 2 aromatic rings. The molecule has 0 radical (unpaired) electrons. The summed E-state index contributed by atoms with van der Waals surface area (Å²) in [5.41, 5.74) is 2.66. The Kier molecular flexibility index (Phi) is 4.16. The second-order valence-electron chi connectivity index (χ2n) is 3.80. The summed E-state index contributed by atoms with van der Waals surface area (Å²) in [7, 11) is 0. The van der Waals surface area contributed by atoms with Gasteiger partial charge in [0.2, 0.25) is 0 Å². The Hall–Kier alpha value is -0.640. The standard InChI is InChI=1S/C13H14BrNS/c1-10-3-2-4-11(7-10)8-15-9-12-5-6-13(14)16-12/h2-7,15H,8-9H2,1H3. The third kappa shape index (κ3) is 3.44. The predicted molar refractivity (Wildman–Crippen MR) is 73.7 cm³/mol. The maximum absolute atomic E-state index is 3.47. The molecular formula is C13H14BrNS. The van der Waals surface area contributed by atoms with E-state index in [0.717, 1.165) is 13.1 Å². The van der Waals surface area contributed by atoms with E-state index in [2.05, 4.69) is 64.6 Å². The van der Waals surface area contributed by atoms with Gasteiger partial charge in [-0.25, -0.2) is 0 Å². The lowest BCUT2D eigenvalue weighted by Gasteiger charge is -2.04. The lowest BCUT2D eigenvalue weighted by Crippen LogP contribution is -2.11. The third-order valence-corrected chi connectivity index (χ3v) is 3.96. The quantitative estimate of drug-likeness (QED) is 0.895. The number of rotatable bonds is 4. The fourth-order valence-electron chi connectivity index (χ4n) is 1.60. The van der Waals surface area contributed by atoms with Gasteiger partial charge in [-0.2, -0.15) is 0 Å². The summed E-state index contributed by atoms with van der Waals surface area (Å²) in [5.74, 6) is 0. The highest BCUT2D eigenvalue weighted by atomic mass is 79.9. The van der Waals surface area contributed by atoms with Crippen molar-refractivity contribution in [1.29, 1.82) is 0 Å². The van der Waals surface area contributed by atoms with Crippen molar-refractivity contribution in [1.82, 2.24) is 5.32 Å². The summed E-state index contributed by atoms with van der Waals surface area (Å²) < 4.78 is 1.19. The molecule has 0 aliphatic rings. The molecule has 0 unspecified atom stereocenters. The van der Waals surface area contributed by atoms with E-state index in [-0.39, 0.29) is 0 Å². The van der Waals surface area contributed by atoms with Crippen LogP contribution in [-0.4, -0.2) is 0 Å². The molecule has 2 rings (SSSR count). The molecule has 1 heterocycles. The Morgan fingerprint density at radius 2 is 2.06 bits per heavy atom. The van der Waals surface area contributed by atoms with E-state index in [4.69, 9.17) is 0 Å². The zero-order valence-electron chi connectivity index (χ0n) is 9.16. The molecule has 0 saturated carbocycles. The first-order valence-electron chi connectivity index (χ1n) is 5.24. The topological polar surface area (TPSA) is 12.0 Å². The van der Waals surface area contributed by atoms with Crippen LogP contribution >= 0.6 is 27.3 Å². The smallest absolute Gasteiger partial charge is 0.0701 e. The van der Waals surface area contributed by atoms with Crippen molar-refractivity contribution in [2.24, 2.45) is 0 Å². The number of thiophene rings is 1. The summed E-state index contributed by atoms with van der Waals surface area (Å²) in [6, 6.07) is 12.8. The minimum Gasteiger partial charge on any atom is -0.308 e. The molecule has 1 aromatic carbocycles. The van der Waals surface area contributed by atoms with Gasteiger partial charge in [-0.1, -0.05) is 29.8 Å². The molecule has 0 fully saturated rings. The minimum absolute atomic E-state index is 0.928. The van der Waals surface area contributed by atoms with Gasteiger partial charge in [0.1, 0.15) is 0 Å². The Balaban J connectivity index is 1.84. The maximum atomic E-state index is 3.47. The van der Waals surface area contributed by atoms with Crippen LogP contribution in [0.1, 0.15) is 16.0 Å². The van der Waals surface area contributed by atoms with E-state index in [9.17, 15) is 0 Å². The van der Waals surface area contributed by atoms with Crippen molar-refractivity contribution in [2.45, 2.75) is 20.0 Å². The van der Waals surface area contributed by atoms with Crippen LogP contribution < -0.4 is 5.32 Å². The number of halogens is 1. The lowest BCUT2D eigenvalue weighted by molar-refractivity contribution is 0.700. The second-order valence-corrected chi connectivity index (χ2v) is 6.35. The molecule has 1 aromatic heterocycles. The van der Waals surface area contributed by atoms with Crippen LogP contribution in [0.5, 0.6) is 0 Å². The highest BCUT2D eigenvalue weighted by molar-refractivity contribution is 9.11. The van der Waals surface area contributed by atoms with Crippen molar-refractivity contribution in [3.05, 3.63) is 56.2 Å². The summed E-state index contributed by atoms with van der Waals surface area (Å²) in [6.07, 6.45) is 0. The average Bonchev–Trinajstić information content (AvgIpc) is 2.64. The van der Waals surface area contributed by atoms with Crippen LogP contribution in [0.3, 0.4) is 0 Å². The van der Waals surface area contributed by atoms with Gasteiger partial charge in [-0.15, -0.1) is 11.3 Å². The van der Waals surface area contributed by atoms with Crippen LogP contribution in [0.2, 0.25) is 0 Å². The largest absolute Gasteiger partial charge is 0.308 e. The maximum Gasteiger partial charge on any atom is 0.0701 e. The Bertz CT molecular complexity index is 464. The van der Waals surface area contributed by atoms with Gasteiger partial charge in [0.15, 0.2) is 0 Å². The molecule has 0 aliphatic heterocycles. The molecular weight excluding hydrogens is 282 g/mol. The number of aryl methyl sites for hydroxylation is 1. The number of hydrogen-bond donors (Lipinski definition) is 1. The first-order chi connectivity index (χ1) is 7.74. The van der Waals surface area contributed by atoms with Crippen LogP contribution in [0.25, 0.3) is 0 Å². The molecule has 0 atom stereocenters. The highest BCUT2D eigenvalue weighted by Gasteiger charge is 1.97. The lowest BCUT2D eigenvalue weighted by atomic mass is 10.1. The van der Waals surface area contributed by atoms with Crippen molar-refractivity contribution < 1.29 is 0 Å². The molecule has 0 bridgehead atoms. The molecule has 0 saturated heterocycles. The van der Waals surface area contributed by atoms with Crippen LogP contribution in [0.4, 0.5) is 0 Å². The molecule has 1 N–H and O–H groups in total. The first-order valence-corrected chi connectivity index (χ1v) is 6.85. The Labute approximate surface area is 109 Å². The van der Waals surface area contributed by atoms with E-state index in [0.29, 0.717) is 0 Å². The zero-order chi connectivity index (χ0) is 11.4. The molecule has 0 spiro atoms. The fourth-order valence-corrected chi connectivity index (χ4v) is 3.05. The van der Waals surface area contributed by atoms with Gasteiger partial charge in [-0.05, 0) is 40.5 Å². The predicted octanol–water partition coefficient (Wildman–Crippen LogP) is 4.11. The SMILES string of the molecule is Cc1cccc(CNCc2ccc(Br)s2)c1. The van der Waals surface area contributed by atoms with E-state index < -0.39 is 0 Å². The van der Waals surface area contributed by atoms with Crippen molar-refractivity contribution in [3.8, 4) is 0 Å². The average molecular weight is 296 g/mol. The van der Waals surface area contributed by atoms with E-state index >= 15 is 0 Å². The summed E-state index contributed by atoms with van der Waals surface area (Å²) in [5, 5.41) is 3.45. The highest BCUT2D eigenvalue weighted by Crippen LogP contribution is 2.21. The molecule has 0 aliphatic carbocycles. The van der Waals surface area contributed by atoms with Crippen LogP contribution in [0, 0.1) is 6.92 Å². The number of hydrogen-bond acceptors (Lipinski definition) is 2. The minimum atomic E-state index is 0.928. The normalized spacial score (nSPS) is 10.6. The number of benzene rings is 1. The van der Waals surface area contributed by atoms with Crippen molar-refractivity contribution in [2.75, 3.05) is 0 Å². The summed E-state index contributed by atoms with van der Waals surface area (Å²) >= 11 is 5.25. The summed E-state index contributed by atoms with van der Waals surface area (Å²) in [6.45, 7) is 3.99. The summed E-state index contributed by atoms with van der Waals surface area (Å²) in [4.78, 5) is 1.36. The van der Waals surface area contributed by atoms with Gasteiger partial charge in [-0.3, -0.25) is 0 Å². The van der Waals surface area contributed by atoms with Gasteiger partial charge in [0.05, 0.1) is 3.79 Å². The van der Waals surface area contributed by atoms with E-state index in [1.54, 1.807) is 11.3 Å². The van der Waals surface area contributed by atoms with Gasteiger partial charge < -0.3 is 5.32 Å². The molecule has 84 valence electrons. The Morgan fingerprint density at radius 3 is 2.75 bits per heavy atom. The van der Waals surface area contributed by atoms with E-state index in [1.807, 2.05) is 0 Å². The fraction of sp³-hybridized carbons (Fsp3) is 0.231. The Morgan fingerprint density at radius 1 is 1.19 bits per heavy atom. The second kappa shape index (κ2) is 5.62. The molecule has 1 nitrogen and oxygen atoms in total. The monoisotopic (exact) mass is 295 g/mol. The van der Waals surface area contributed by atoms with Crippen LogP contribution in [-0.2, 0) is 13.1 Å². The first kappa shape index (κ1) is 11.8.